The molecule has 1 rings (SSSR count). The van der Waals surface area contributed by atoms with Gasteiger partial charge in [-0.05, 0) is 56.5 Å². The van der Waals surface area contributed by atoms with Crippen molar-refractivity contribution in [2.24, 2.45) is 0 Å². The van der Waals surface area contributed by atoms with Crippen molar-refractivity contribution in [3.05, 3.63) is 28.8 Å². The second-order valence-electron chi connectivity index (χ2n) is 4.27. The minimum Gasteiger partial charge on any atom is -0.496 e. The van der Waals surface area contributed by atoms with Crippen LogP contribution in [0.15, 0.2) is 12.1 Å². The zero-order chi connectivity index (χ0) is 12.1. The van der Waals surface area contributed by atoms with Crippen LogP contribution in [0.3, 0.4) is 0 Å². The number of methoxy groups -OCH3 is 1. The number of nitrogens with one attached hydrogen (secondary N) is 1. The molecule has 0 aliphatic carbocycles. The molecule has 1 aromatic rings. The highest BCUT2D eigenvalue weighted by Crippen LogP contribution is 2.24. The molecule has 0 aromatic heterocycles. The Morgan fingerprint density at radius 2 is 1.94 bits per heavy atom. The summed E-state index contributed by atoms with van der Waals surface area (Å²) in [6.07, 6.45) is 2.24. The molecule has 1 atom stereocenters. The summed E-state index contributed by atoms with van der Waals surface area (Å²) in [6, 6.07) is 4.81. The van der Waals surface area contributed by atoms with Crippen molar-refractivity contribution in [1.29, 1.82) is 0 Å². The van der Waals surface area contributed by atoms with Crippen molar-refractivity contribution in [2.45, 2.75) is 39.7 Å². The molecule has 0 bridgehead atoms. The lowest BCUT2D eigenvalue weighted by Crippen LogP contribution is -2.26. The van der Waals surface area contributed by atoms with E-state index < -0.39 is 0 Å². The Hall–Kier alpha value is -1.02. The van der Waals surface area contributed by atoms with Gasteiger partial charge in [0.1, 0.15) is 5.75 Å². The van der Waals surface area contributed by atoms with Crippen molar-refractivity contribution >= 4 is 0 Å². The van der Waals surface area contributed by atoms with E-state index in [1.165, 1.54) is 16.7 Å². The van der Waals surface area contributed by atoms with Crippen LogP contribution in [0.1, 0.15) is 30.0 Å². The molecule has 16 heavy (non-hydrogen) atoms. The zero-order valence-corrected chi connectivity index (χ0v) is 11.1. The van der Waals surface area contributed by atoms with Crippen LogP contribution in [0, 0.1) is 13.8 Å². The molecule has 0 aliphatic heterocycles. The number of ether oxygens (including phenoxy) is 1. The molecular formula is C14H23NO. The Bertz CT molecular complexity index is 343. The van der Waals surface area contributed by atoms with Crippen molar-refractivity contribution in [2.75, 3.05) is 14.2 Å². The molecule has 90 valence electrons. The molecule has 0 spiro atoms. The van der Waals surface area contributed by atoms with Gasteiger partial charge in [-0.25, -0.2) is 0 Å². The fraction of sp³-hybridized carbons (Fsp3) is 0.571. The van der Waals surface area contributed by atoms with Gasteiger partial charge in [-0.1, -0.05) is 13.0 Å². The predicted molar refractivity (Wildman–Crippen MR) is 69.3 cm³/mol. The predicted octanol–water partition coefficient (Wildman–Crippen LogP) is 2.85. The molecule has 0 amide bonds. The lowest BCUT2D eigenvalue weighted by atomic mass is 9.96. The van der Waals surface area contributed by atoms with Crippen molar-refractivity contribution in [3.8, 4) is 5.75 Å². The van der Waals surface area contributed by atoms with Gasteiger partial charge in [-0.15, -0.1) is 0 Å². The third-order valence-corrected chi connectivity index (χ3v) is 3.44. The smallest absolute Gasteiger partial charge is 0.122 e. The summed E-state index contributed by atoms with van der Waals surface area (Å²) in [5.74, 6) is 0.985. The molecular weight excluding hydrogens is 198 g/mol. The monoisotopic (exact) mass is 221 g/mol. The van der Waals surface area contributed by atoms with Gasteiger partial charge in [-0.2, -0.15) is 0 Å². The fourth-order valence-electron chi connectivity index (χ4n) is 2.01. The lowest BCUT2D eigenvalue weighted by Gasteiger charge is -2.17. The zero-order valence-electron chi connectivity index (χ0n) is 11.1. The number of likely N-dealkylation sites (N-methyl/N-ethyl adjacent to an activating group) is 1. The van der Waals surface area contributed by atoms with Crippen molar-refractivity contribution < 1.29 is 4.74 Å². The van der Waals surface area contributed by atoms with Gasteiger partial charge in [-0.3, -0.25) is 0 Å². The number of hydrogen-bond donors (Lipinski definition) is 1. The molecule has 2 heteroatoms. The Kier molecular flexibility index (Phi) is 4.81. The molecule has 0 radical (unpaired) electrons. The van der Waals surface area contributed by atoms with Crippen LogP contribution >= 0.6 is 0 Å². The summed E-state index contributed by atoms with van der Waals surface area (Å²) < 4.78 is 5.32. The Balaban J connectivity index is 2.94. The average Bonchev–Trinajstić information content (AvgIpc) is 2.31. The maximum atomic E-state index is 5.32. The van der Waals surface area contributed by atoms with E-state index in [9.17, 15) is 0 Å². The van der Waals surface area contributed by atoms with Gasteiger partial charge in [0.2, 0.25) is 0 Å². The van der Waals surface area contributed by atoms with E-state index in [1.54, 1.807) is 7.11 Å². The van der Waals surface area contributed by atoms with E-state index in [2.05, 4.69) is 38.2 Å². The van der Waals surface area contributed by atoms with Crippen LogP contribution in [-0.2, 0) is 6.42 Å². The van der Waals surface area contributed by atoms with Gasteiger partial charge in [0, 0.05) is 6.04 Å². The van der Waals surface area contributed by atoms with Gasteiger partial charge >= 0.3 is 0 Å². The Morgan fingerprint density at radius 3 is 2.44 bits per heavy atom. The van der Waals surface area contributed by atoms with Crippen molar-refractivity contribution in [3.63, 3.8) is 0 Å². The van der Waals surface area contributed by atoms with Crippen LogP contribution in [0.2, 0.25) is 0 Å². The Labute approximate surface area is 99.0 Å². The lowest BCUT2D eigenvalue weighted by molar-refractivity contribution is 0.411. The van der Waals surface area contributed by atoms with E-state index in [1.807, 2.05) is 7.05 Å². The van der Waals surface area contributed by atoms with Crippen LogP contribution < -0.4 is 10.1 Å². The molecule has 0 fully saturated rings. The molecule has 1 aromatic carbocycles. The summed E-state index contributed by atoms with van der Waals surface area (Å²) in [6.45, 7) is 6.51. The highest BCUT2D eigenvalue weighted by molar-refractivity contribution is 5.43. The first-order valence-electron chi connectivity index (χ1n) is 5.94. The number of hydrogen-bond acceptors (Lipinski definition) is 2. The minimum atomic E-state index is 0.562. The average molecular weight is 221 g/mol. The quantitative estimate of drug-likeness (QED) is 0.825. The maximum Gasteiger partial charge on any atom is 0.122 e. The van der Waals surface area contributed by atoms with E-state index in [0.717, 1.165) is 18.6 Å². The van der Waals surface area contributed by atoms with E-state index >= 15 is 0 Å². The van der Waals surface area contributed by atoms with Gasteiger partial charge < -0.3 is 10.1 Å². The third kappa shape index (κ3) is 2.76. The molecule has 0 saturated carbocycles. The molecule has 2 nitrogen and oxygen atoms in total. The van der Waals surface area contributed by atoms with Crippen LogP contribution in [0.4, 0.5) is 0 Å². The largest absolute Gasteiger partial charge is 0.496 e. The van der Waals surface area contributed by atoms with Crippen LogP contribution in [0.25, 0.3) is 0 Å². The summed E-state index contributed by atoms with van der Waals surface area (Å²) in [7, 11) is 3.75. The second kappa shape index (κ2) is 5.90. The third-order valence-electron chi connectivity index (χ3n) is 3.44. The van der Waals surface area contributed by atoms with Gasteiger partial charge in [0.25, 0.3) is 0 Å². The fourth-order valence-corrected chi connectivity index (χ4v) is 2.01. The number of rotatable bonds is 5. The summed E-state index contributed by atoms with van der Waals surface area (Å²) in [5, 5.41) is 3.34. The van der Waals surface area contributed by atoms with Crippen molar-refractivity contribution in [1.82, 2.24) is 5.32 Å². The topological polar surface area (TPSA) is 21.3 Å². The SMILES string of the molecule is CCC(Cc1ccc(OC)c(C)c1C)NC. The molecule has 1 unspecified atom stereocenters. The summed E-state index contributed by atoms with van der Waals surface area (Å²) in [4.78, 5) is 0. The first-order valence-corrected chi connectivity index (χ1v) is 5.94. The Morgan fingerprint density at radius 1 is 1.25 bits per heavy atom. The van der Waals surface area contributed by atoms with Gasteiger partial charge in [0.05, 0.1) is 7.11 Å². The van der Waals surface area contributed by atoms with E-state index in [0.29, 0.717) is 6.04 Å². The molecule has 0 heterocycles. The van der Waals surface area contributed by atoms with Crippen LogP contribution in [-0.4, -0.2) is 20.2 Å². The van der Waals surface area contributed by atoms with E-state index in [-0.39, 0.29) is 0 Å². The second-order valence-corrected chi connectivity index (χ2v) is 4.27. The number of benzene rings is 1. The highest BCUT2D eigenvalue weighted by atomic mass is 16.5. The normalized spacial score (nSPS) is 12.6. The molecule has 0 saturated heterocycles. The minimum absolute atomic E-state index is 0.562. The van der Waals surface area contributed by atoms with Gasteiger partial charge in [0.15, 0.2) is 0 Å². The first-order chi connectivity index (χ1) is 7.63. The standard InChI is InChI=1S/C14H23NO/c1-6-13(15-4)9-12-7-8-14(16-5)11(3)10(12)2/h7-8,13,15H,6,9H2,1-5H3. The first kappa shape index (κ1) is 13.0. The molecule has 0 aliphatic rings. The molecule has 1 N–H and O–H groups in total. The summed E-state index contributed by atoms with van der Waals surface area (Å²) >= 11 is 0. The van der Waals surface area contributed by atoms with Crippen LogP contribution in [0.5, 0.6) is 5.75 Å². The van der Waals surface area contributed by atoms with E-state index in [4.69, 9.17) is 4.74 Å². The summed E-state index contributed by atoms with van der Waals surface area (Å²) in [5.41, 5.74) is 4.03. The highest BCUT2D eigenvalue weighted by Gasteiger charge is 2.10. The maximum absolute atomic E-state index is 5.32.